The summed E-state index contributed by atoms with van der Waals surface area (Å²) in [6.45, 7) is 13.1. The zero-order valence-electron chi connectivity index (χ0n) is 18.8. The number of benzene rings is 1. The van der Waals surface area contributed by atoms with Crippen molar-refractivity contribution in [2.45, 2.75) is 40.2 Å². The molecule has 0 bridgehead atoms. The van der Waals surface area contributed by atoms with Gasteiger partial charge in [0.05, 0.1) is 29.1 Å². The first-order valence-electron chi connectivity index (χ1n) is 11.0. The number of amides is 1. The molecule has 0 unspecified atom stereocenters. The van der Waals surface area contributed by atoms with E-state index in [1.165, 1.54) is 5.56 Å². The number of nitrogens with zero attached hydrogens (tertiary/aromatic N) is 5. The Bertz CT molecular complexity index is 1050. The van der Waals surface area contributed by atoms with Crippen LogP contribution < -0.4 is 4.90 Å². The third kappa shape index (κ3) is 4.97. The van der Waals surface area contributed by atoms with Crippen molar-refractivity contribution in [1.29, 1.82) is 0 Å². The van der Waals surface area contributed by atoms with Crippen LogP contribution in [0.25, 0.3) is 10.2 Å². The first-order valence-corrected chi connectivity index (χ1v) is 11.8. The minimum atomic E-state index is -0.0351. The lowest BCUT2D eigenvalue weighted by Crippen LogP contribution is -2.39. The normalized spacial score (nSPS) is 15.1. The SMILES string of the molecule is Cc1ccc2nc(N(CCCN3CCOCC3)C(=O)c3cc(C)nn3C(C)C)sc2c1. The minimum Gasteiger partial charge on any atom is -0.379 e. The van der Waals surface area contributed by atoms with Crippen LogP contribution in [0.1, 0.15) is 48.1 Å². The molecule has 3 heterocycles. The Hall–Kier alpha value is -2.29. The zero-order chi connectivity index (χ0) is 22.0. The van der Waals surface area contributed by atoms with Gasteiger partial charge in [0, 0.05) is 32.2 Å². The summed E-state index contributed by atoms with van der Waals surface area (Å²) < 4.78 is 8.38. The van der Waals surface area contributed by atoms with Gasteiger partial charge in [0.15, 0.2) is 5.13 Å². The van der Waals surface area contributed by atoms with Crippen LogP contribution in [0, 0.1) is 13.8 Å². The largest absolute Gasteiger partial charge is 0.379 e. The van der Waals surface area contributed by atoms with Gasteiger partial charge >= 0.3 is 0 Å². The number of morpholine rings is 1. The molecule has 31 heavy (non-hydrogen) atoms. The highest BCUT2D eigenvalue weighted by atomic mass is 32.1. The molecular formula is C23H31N5O2S. The van der Waals surface area contributed by atoms with Gasteiger partial charge in [-0.25, -0.2) is 4.98 Å². The van der Waals surface area contributed by atoms with Crippen molar-refractivity contribution in [3.8, 4) is 0 Å². The Morgan fingerprint density at radius 2 is 2.00 bits per heavy atom. The number of fused-ring (bicyclic) bond motifs is 1. The number of carbonyl (C=O) groups excluding carboxylic acids is 1. The van der Waals surface area contributed by atoms with E-state index in [4.69, 9.17) is 9.72 Å². The standard InChI is InChI=1S/C23H31N5O2S/c1-16(2)28-20(15-18(4)25-28)22(29)27(9-5-8-26-10-12-30-13-11-26)23-24-19-7-6-17(3)14-21(19)31-23/h6-7,14-16H,5,8-13H2,1-4H3. The molecule has 0 saturated carbocycles. The smallest absolute Gasteiger partial charge is 0.278 e. The lowest BCUT2D eigenvalue weighted by Gasteiger charge is -2.28. The second kappa shape index (κ2) is 9.46. The van der Waals surface area contributed by atoms with Gasteiger partial charge in [0.1, 0.15) is 5.69 Å². The van der Waals surface area contributed by atoms with E-state index in [1.807, 2.05) is 42.5 Å². The molecule has 0 spiro atoms. The van der Waals surface area contributed by atoms with Gasteiger partial charge in [-0.3, -0.25) is 19.3 Å². The van der Waals surface area contributed by atoms with Crippen LogP contribution in [-0.4, -0.2) is 65.0 Å². The molecule has 1 aliphatic heterocycles. The number of carbonyl (C=O) groups is 1. The van der Waals surface area contributed by atoms with Crippen molar-refractivity contribution in [1.82, 2.24) is 19.7 Å². The highest BCUT2D eigenvalue weighted by Crippen LogP contribution is 2.31. The number of anilines is 1. The summed E-state index contributed by atoms with van der Waals surface area (Å²) in [4.78, 5) is 22.8. The average Bonchev–Trinajstić information content (AvgIpc) is 3.34. The Balaban J connectivity index is 1.61. The summed E-state index contributed by atoms with van der Waals surface area (Å²) in [5.74, 6) is -0.0351. The fraction of sp³-hybridized carbons (Fsp3) is 0.522. The summed E-state index contributed by atoms with van der Waals surface area (Å²) in [5, 5.41) is 5.30. The van der Waals surface area contributed by atoms with Gasteiger partial charge < -0.3 is 4.74 Å². The van der Waals surface area contributed by atoms with Crippen LogP contribution in [0.4, 0.5) is 5.13 Å². The molecule has 4 rings (SSSR count). The molecule has 1 aliphatic rings. The van der Waals surface area contributed by atoms with Crippen LogP contribution >= 0.6 is 11.3 Å². The Labute approximate surface area is 187 Å². The highest BCUT2D eigenvalue weighted by Gasteiger charge is 2.26. The number of thiazole rings is 1. The van der Waals surface area contributed by atoms with Gasteiger partial charge in [0.25, 0.3) is 5.91 Å². The molecule has 0 aliphatic carbocycles. The summed E-state index contributed by atoms with van der Waals surface area (Å²) in [7, 11) is 0. The van der Waals surface area contributed by atoms with Gasteiger partial charge in [-0.1, -0.05) is 17.4 Å². The lowest BCUT2D eigenvalue weighted by molar-refractivity contribution is 0.0376. The number of hydrogen-bond acceptors (Lipinski definition) is 6. The number of rotatable bonds is 7. The van der Waals surface area contributed by atoms with Crippen LogP contribution in [-0.2, 0) is 4.74 Å². The molecule has 7 nitrogen and oxygen atoms in total. The molecule has 166 valence electrons. The van der Waals surface area contributed by atoms with Crippen molar-refractivity contribution < 1.29 is 9.53 Å². The fourth-order valence-corrected chi connectivity index (χ4v) is 4.99. The number of aryl methyl sites for hydroxylation is 2. The van der Waals surface area contributed by atoms with E-state index in [1.54, 1.807) is 11.3 Å². The topological polar surface area (TPSA) is 63.5 Å². The van der Waals surface area contributed by atoms with Gasteiger partial charge in [-0.15, -0.1) is 0 Å². The van der Waals surface area contributed by atoms with Crippen LogP contribution in [0.5, 0.6) is 0 Å². The fourth-order valence-electron chi connectivity index (χ4n) is 3.90. The number of hydrogen-bond donors (Lipinski definition) is 0. The average molecular weight is 442 g/mol. The van der Waals surface area contributed by atoms with E-state index < -0.39 is 0 Å². The van der Waals surface area contributed by atoms with Gasteiger partial charge in [-0.05, 0) is 57.9 Å². The van der Waals surface area contributed by atoms with E-state index in [-0.39, 0.29) is 11.9 Å². The van der Waals surface area contributed by atoms with E-state index >= 15 is 0 Å². The summed E-state index contributed by atoms with van der Waals surface area (Å²) >= 11 is 1.58. The first-order chi connectivity index (χ1) is 14.9. The molecule has 2 aromatic heterocycles. The molecular weight excluding hydrogens is 410 g/mol. The third-order valence-electron chi connectivity index (χ3n) is 5.53. The highest BCUT2D eigenvalue weighted by molar-refractivity contribution is 7.22. The Morgan fingerprint density at radius 3 is 2.74 bits per heavy atom. The maximum absolute atomic E-state index is 13.7. The van der Waals surface area contributed by atoms with Crippen molar-refractivity contribution >= 4 is 32.6 Å². The van der Waals surface area contributed by atoms with E-state index in [9.17, 15) is 4.79 Å². The molecule has 0 radical (unpaired) electrons. The van der Waals surface area contributed by atoms with Crippen molar-refractivity contribution in [3.05, 3.63) is 41.2 Å². The number of ether oxygens (including phenoxy) is 1. The van der Waals surface area contributed by atoms with E-state index in [2.05, 4.69) is 29.1 Å². The third-order valence-corrected chi connectivity index (χ3v) is 6.58. The second-order valence-electron chi connectivity index (χ2n) is 8.44. The lowest BCUT2D eigenvalue weighted by atomic mass is 10.2. The summed E-state index contributed by atoms with van der Waals surface area (Å²) in [6, 6.07) is 8.22. The van der Waals surface area contributed by atoms with Crippen molar-refractivity contribution in [2.24, 2.45) is 0 Å². The monoisotopic (exact) mass is 441 g/mol. The van der Waals surface area contributed by atoms with E-state index in [0.717, 1.165) is 60.3 Å². The van der Waals surface area contributed by atoms with Gasteiger partial charge in [0.2, 0.25) is 0 Å². The predicted octanol–water partition coefficient (Wildman–Crippen LogP) is 4.06. The predicted molar refractivity (Wildman–Crippen MR) is 125 cm³/mol. The molecule has 3 aromatic rings. The molecule has 8 heteroatoms. The zero-order valence-corrected chi connectivity index (χ0v) is 19.6. The maximum Gasteiger partial charge on any atom is 0.278 e. The Kier molecular flexibility index (Phi) is 6.69. The molecule has 1 fully saturated rings. The Morgan fingerprint density at radius 1 is 1.23 bits per heavy atom. The second-order valence-corrected chi connectivity index (χ2v) is 9.45. The van der Waals surface area contributed by atoms with Gasteiger partial charge in [-0.2, -0.15) is 5.10 Å². The summed E-state index contributed by atoms with van der Waals surface area (Å²) in [5.41, 5.74) is 3.60. The first kappa shape index (κ1) is 21.9. The van der Waals surface area contributed by atoms with Crippen molar-refractivity contribution in [2.75, 3.05) is 44.3 Å². The molecule has 1 saturated heterocycles. The van der Waals surface area contributed by atoms with Crippen LogP contribution in [0.3, 0.4) is 0 Å². The molecule has 1 aromatic carbocycles. The van der Waals surface area contributed by atoms with Crippen LogP contribution in [0.2, 0.25) is 0 Å². The number of aromatic nitrogens is 3. The van der Waals surface area contributed by atoms with Crippen LogP contribution in [0.15, 0.2) is 24.3 Å². The molecule has 1 amide bonds. The quantitative estimate of drug-likeness (QED) is 0.553. The summed E-state index contributed by atoms with van der Waals surface area (Å²) in [6.07, 6.45) is 0.884. The van der Waals surface area contributed by atoms with E-state index in [0.29, 0.717) is 12.2 Å². The minimum absolute atomic E-state index is 0.0351. The maximum atomic E-state index is 13.7. The molecule has 0 atom stereocenters. The van der Waals surface area contributed by atoms with Crippen molar-refractivity contribution in [3.63, 3.8) is 0 Å². The molecule has 0 N–H and O–H groups in total.